The lowest BCUT2D eigenvalue weighted by molar-refractivity contribution is 0.410. The first-order valence-corrected chi connectivity index (χ1v) is 8.25. The molecule has 0 spiro atoms. The molecule has 0 amide bonds. The van der Waals surface area contributed by atoms with Gasteiger partial charge in [0.1, 0.15) is 5.75 Å². The molecule has 1 atom stereocenters. The maximum absolute atomic E-state index is 12.1. The van der Waals surface area contributed by atoms with Crippen LogP contribution in [0, 0.1) is 0 Å². The Morgan fingerprint density at radius 3 is 2.60 bits per heavy atom. The first kappa shape index (κ1) is 19.7. The second-order valence-electron chi connectivity index (χ2n) is 4.11. The summed E-state index contributed by atoms with van der Waals surface area (Å²) in [6.45, 7) is 5.04. The average molecular weight is 388 g/mol. The highest BCUT2D eigenvalue weighted by Crippen LogP contribution is 2.27. The summed E-state index contributed by atoms with van der Waals surface area (Å²) in [6.07, 6.45) is 0. The van der Waals surface area contributed by atoms with Crippen molar-refractivity contribution < 1.29 is 13.2 Å². The van der Waals surface area contributed by atoms with E-state index in [1.807, 2.05) is 13.8 Å². The van der Waals surface area contributed by atoms with Crippen LogP contribution in [-0.2, 0) is 10.0 Å². The van der Waals surface area contributed by atoms with Crippen LogP contribution in [0.5, 0.6) is 5.75 Å². The van der Waals surface area contributed by atoms with Crippen LogP contribution in [-0.4, -0.2) is 34.7 Å². The molecule has 0 radical (unpaired) electrons. The highest BCUT2D eigenvalue weighted by molar-refractivity contribution is 9.10. The van der Waals surface area contributed by atoms with Crippen molar-refractivity contribution >= 4 is 38.4 Å². The number of benzene rings is 1. The van der Waals surface area contributed by atoms with Gasteiger partial charge in [0.25, 0.3) is 0 Å². The minimum absolute atomic E-state index is 0. The Hall–Kier alpha value is -0.340. The highest BCUT2D eigenvalue weighted by Gasteiger charge is 2.16. The molecule has 1 aromatic rings. The van der Waals surface area contributed by atoms with Gasteiger partial charge >= 0.3 is 0 Å². The van der Waals surface area contributed by atoms with Gasteiger partial charge in [-0.1, -0.05) is 6.92 Å². The second-order valence-corrected chi connectivity index (χ2v) is 6.73. The van der Waals surface area contributed by atoms with Gasteiger partial charge in [0.05, 0.1) is 16.5 Å². The fraction of sp³-hybridized carbons (Fsp3) is 0.500. The quantitative estimate of drug-likeness (QED) is 0.752. The van der Waals surface area contributed by atoms with Gasteiger partial charge in [0, 0.05) is 18.7 Å². The summed E-state index contributed by atoms with van der Waals surface area (Å²) in [4.78, 5) is 0.191. The van der Waals surface area contributed by atoms with E-state index in [4.69, 9.17) is 4.74 Å². The van der Waals surface area contributed by atoms with E-state index in [0.29, 0.717) is 12.3 Å². The number of ether oxygens (including phenoxy) is 1. The van der Waals surface area contributed by atoms with E-state index in [0.717, 1.165) is 11.0 Å². The van der Waals surface area contributed by atoms with Crippen LogP contribution < -0.4 is 14.8 Å². The molecule has 0 bridgehead atoms. The molecule has 0 fully saturated rings. The SMILES string of the molecule is CCN[C@H](C)CNS(=O)(=O)c1ccc(Br)c(OC)c1.Cl. The molecule has 0 unspecified atom stereocenters. The second kappa shape index (κ2) is 8.84. The number of hydrogen-bond acceptors (Lipinski definition) is 4. The minimum Gasteiger partial charge on any atom is -0.496 e. The Bertz CT molecular complexity index is 525. The molecule has 0 aliphatic carbocycles. The maximum Gasteiger partial charge on any atom is 0.240 e. The van der Waals surface area contributed by atoms with Crippen LogP contribution >= 0.6 is 28.3 Å². The predicted molar refractivity (Wildman–Crippen MR) is 86.3 cm³/mol. The van der Waals surface area contributed by atoms with Gasteiger partial charge in [-0.2, -0.15) is 0 Å². The molecule has 1 rings (SSSR count). The van der Waals surface area contributed by atoms with Crippen molar-refractivity contribution in [3.8, 4) is 5.75 Å². The fourth-order valence-electron chi connectivity index (χ4n) is 1.55. The summed E-state index contributed by atoms with van der Waals surface area (Å²) >= 11 is 3.29. The Morgan fingerprint density at radius 1 is 1.40 bits per heavy atom. The van der Waals surface area contributed by atoms with Crippen LogP contribution in [0.15, 0.2) is 27.6 Å². The Labute approximate surface area is 135 Å². The van der Waals surface area contributed by atoms with Gasteiger partial charge in [-0.15, -0.1) is 12.4 Å². The highest BCUT2D eigenvalue weighted by atomic mass is 79.9. The van der Waals surface area contributed by atoms with Crippen LogP contribution in [0.25, 0.3) is 0 Å². The van der Waals surface area contributed by atoms with Crippen molar-refractivity contribution in [2.75, 3.05) is 20.2 Å². The zero-order chi connectivity index (χ0) is 14.5. The van der Waals surface area contributed by atoms with Crippen molar-refractivity contribution in [3.05, 3.63) is 22.7 Å². The largest absolute Gasteiger partial charge is 0.496 e. The van der Waals surface area contributed by atoms with Gasteiger partial charge in [0.15, 0.2) is 0 Å². The normalized spacial score (nSPS) is 12.6. The summed E-state index contributed by atoms with van der Waals surface area (Å²) in [7, 11) is -2.02. The Kier molecular flexibility index (Phi) is 8.69. The average Bonchev–Trinajstić information content (AvgIpc) is 2.37. The molecule has 0 heterocycles. The predicted octanol–water partition coefficient (Wildman–Crippen LogP) is 2.16. The number of nitrogens with one attached hydrogen (secondary N) is 2. The molecule has 0 aromatic heterocycles. The van der Waals surface area contributed by atoms with Gasteiger partial charge in [-0.25, -0.2) is 13.1 Å². The van der Waals surface area contributed by atoms with E-state index in [1.165, 1.54) is 19.2 Å². The molecule has 0 aliphatic rings. The number of likely N-dealkylation sites (N-methyl/N-ethyl adjacent to an activating group) is 1. The van der Waals surface area contributed by atoms with Gasteiger partial charge < -0.3 is 10.1 Å². The lowest BCUT2D eigenvalue weighted by Crippen LogP contribution is -2.38. The standard InChI is InChI=1S/C12H19BrN2O3S.ClH/c1-4-14-9(2)8-15-19(16,17)10-5-6-11(13)12(7-10)18-3;/h5-7,9,14-15H,4,8H2,1-3H3;1H/t9-;/m1./s1. The Morgan fingerprint density at radius 2 is 2.05 bits per heavy atom. The molecule has 20 heavy (non-hydrogen) atoms. The molecule has 8 heteroatoms. The molecule has 5 nitrogen and oxygen atoms in total. The zero-order valence-corrected chi connectivity index (χ0v) is 14.9. The van der Waals surface area contributed by atoms with Crippen LogP contribution in [0.2, 0.25) is 0 Å². The number of halogens is 2. The molecular formula is C12H20BrClN2O3S. The third-order valence-electron chi connectivity index (χ3n) is 2.57. The molecule has 0 saturated carbocycles. The first-order chi connectivity index (χ1) is 8.90. The van der Waals surface area contributed by atoms with E-state index in [1.54, 1.807) is 6.07 Å². The lowest BCUT2D eigenvalue weighted by Gasteiger charge is -2.14. The van der Waals surface area contributed by atoms with Gasteiger partial charge in [0.2, 0.25) is 10.0 Å². The van der Waals surface area contributed by atoms with E-state index < -0.39 is 10.0 Å². The number of sulfonamides is 1. The number of hydrogen-bond donors (Lipinski definition) is 2. The van der Waals surface area contributed by atoms with Crippen LogP contribution in [0.1, 0.15) is 13.8 Å². The minimum atomic E-state index is -3.51. The zero-order valence-electron chi connectivity index (χ0n) is 11.6. The van der Waals surface area contributed by atoms with Crippen molar-refractivity contribution in [2.24, 2.45) is 0 Å². The maximum atomic E-state index is 12.1. The summed E-state index contributed by atoms with van der Waals surface area (Å²) < 4.78 is 32.6. The summed E-state index contributed by atoms with van der Waals surface area (Å²) in [5, 5.41) is 3.14. The topological polar surface area (TPSA) is 67.4 Å². The van der Waals surface area contributed by atoms with Crippen molar-refractivity contribution in [2.45, 2.75) is 24.8 Å². The smallest absolute Gasteiger partial charge is 0.240 e. The Balaban J connectivity index is 0.00000361. The van der Waals surface area contributed by atoms with Crippen LogP contribution in [0.4, 0.5) is 0 Å². The molecule has 116 valence electrons. The van der Waals surface area contributed by atoms with Gasteiger partial charge in [-0.3, -0.25) is 0 Å². The number of methoxy groups -OCH3 is 1. The fourth-order valence-corrected chi connectivity index (χ4v) is 3.10. The molecule has 0 aliphatic heterocycles. The summed E-state index contributed by atoms with van der Waals surface area (Å²) in [5.41, 5.74) is 0. The van der Waals surface area contributed by atoms with Crippen LogP contribution in [0.3, 0.4) is 0 Å². The number of rotatable bonds is 7. The molecule has 1 aromatic carbocycles. The summed E-state index contributed by atoms with van der Waals surface area (Å²) in [6, 6.07) is 4.76. The lowest BCUT2D eigenvalue weighted by atomic mass is 10.3. The van der Waals surface area contributed by atoms with Gasteiger partial charge in [-0.05, 0) is 41.5 Å². The molecular weight excluding hydrogens is 368 g/mol. The third kappa shape index (κ3) is 5.57. The first-order valence-electron chi connectivity index (χ1n) is 5.97. The van der Waals surface area contributed by atoms with E-state index in [9.17, 15) is 8.42 Å². The summed E-state index contributed by atoms with van der Waals surface area (Å²) in [5.74, 6) is 0.489. The van der Waals surface area contributed by atoms with E-state index in [-0.39, 0.29) is 23.3 Å². The molecule has 0 saturated heterocycles. The van der Waals surface area contributed by atoms with E-state index in [2.05, 4.69) is 26.0 Å². The van der Waals surface area contributed by atoms with E-state index >= 15 is 0 Å². The monoisotopic (exact) mass is 386 g/mol. The third-order valence-corrected chi connectivity index (χ3v) is 4.64. The van der Waals surface area contributed by atoms with Crippen molar-refractivity contribution in [1.82, 2.24) is 10.0 Å². The van der Waals surface area contributed by atoms with Crippen molar-refractivity contribution in [1.29, 1.82) is 0 Å². The van der Waals surface area contributed by atoms with Crippen molar-refractivity contribution in [3.63, 3.8) is 0 Å². The molecule has 2 N–H and O–H groups in total.